The Kier molecular flexibility index (Phi) is 6.23. The van der Waals surface area contributed by atoms with E-state index in [2.05, 4.69) is 30.5 Å². The molecule has 0 radical (unpaired) electrons. The molecule has 160 valence electrons. The summed E-state index contributed by atoms with van der Waals surface area (Å²) in [5, 5.41) is 6.08. The summed E-state index contributed by atoms with van der Waals surface area (Å²) in [6.45, 7) is 4.97. The number of hydrogen-bond donors (Lipinski definition) is 2. The van der Waals surface area contributed by atoms with Gasteiger partial charge in [-0.2, -0.15) is 4.98 Å². The molecule has 1 amide bonds. The highest BCUT2D eigenvalue weighted by atomic mass is 16.5. The largest absolute Gasteiger partial charge is 0.481 e. The predicted molar refractivity (Wildman–Crippen MR) is 118 cm³/mol. The Bertz CT molecular complexity index is 1030. The first-order chi connectivity index (χ1) is 15.1. The molecule has 0 atom stereocenters. The van der Waals surface area contributed by atoms with Crippen LogP contribution in [0.25, 0.3) is 0 Å². The molecule has 9 nitrogen and oxygen atoms in total. The number of methoxy groups -OCH3 is 1. The highest BCUT2D eigenvalue weighted by Gasteiger charge is 2.14. The first-order valence-electron chi connectivity index (χ1n) is 9.97. The maximum atomic E-state index is 12.4. The summed E-state index contributed by atoms with van der Waals surface area (Å²) in [5.74, 6) is 1.63. The Morgan fingerprint density at radius 3 is 2.48 bits per heavy atom. The third kappa shape index (κ3) is 5.26. The minimum Gasteiger partial charge on any atom is -0.481 e. The molecular weight excluding hydrogens is 396 g/mol. The second kappa shape index (κ2) is 9.40. The Morgan fingerprint density at radius 2 is 1.81 bits per heavy atom. The normalized spacial score (nSPS) is 13.5. The van der Waals surface area contributed by atoms with Gasteiger partial charge in [0.1, 0.15) is 5.82 Å². The second-order valence-electron chi connectivity index (χ2n) is 7.04. The number of nitrogens with one attached hydrogen (secondary N) is 2. The fourth-order valence-corrected chi connectivity index (χ4v) is 3.17. The van der Waals surface area contributed by atoms with Gasteiger partial charge in [-0.25, -0.2) is 9.97 Å². The number of amides is 1. The van der Waals surface area contributed by atoms with E-state index in [9.17, 15) is 4.79 Å². The monoisotopic (exact) mass is 420 g/mol. The Balaban J connectivity index is 1.41. The van der Waals surface area contributed by atoms with Crippen LogP contribution < -0.4 is 20.3 Å². The molecule has 2 aromatic heterocycles. The van der Waals surface area contributed by atoms with E-state index in [0.717, 1.165) is 30.3 Å². The molecule has 0 bridgehead atoms. The average molecular weight is 420 g/mol. The summed E-state index contributed by atoms with van der Waals surface area (Å²) in [7, 11) is 1.53. The first-order valence-corrected chi connectivity index (χ1v) is 9.97. The van der Waals surface area contributed by atoms with Crippen molar-refractivity contribution in [1.82, 2.24) is 15.0 Å². The Morgan fingerprint density at radius 1 is 1.06 bits per heavy atom. The minimum absolute atomic E-state index is 0.243. The number of aromatic nitrogens is 3. The SMILES string of the molecule is COc1ccc(C(=O)Nc2ccc(Nc3nc(C)cc(N4CCOCC4)n3)cc2)cn1. The van der Waals surface area contributed by atoms with Crippen molar-refractivity contribution in [2.45, 2.75) is 6.92 Å². The zero-order chi connectivity index (χ0) is 21.6. The van der Waals surface area contributed by atoms with Crippen LogP contribution in [0.1, 0.15) is 16.1 Å². The van der Waals surface area contributed by atoms with E-state index in [0.29, 0.717) is 36.3 Å². The van der Waals surface area contributed by atoms with E-state index in [1.54, 1.807) is 12.1 Å². The van der Waals surface area contributed by atoms with Crippen LogP contribution in [0.15, 0.2) is 48.7 Å². The van der Waals surface area contributed by atoms with Crippen LogP contribution in [0.3, 0.4) is 0 Å². The zero-order valence-electron chi connectivity index (χ0n) is 17.5. The van der Waals surface area contributed by atoms with E-state index in [-0.39, 0.29) is 5.91 Å². The fourth-order valence-electron chi connectivity index (χ4n) is 3.17. The molecule has 3 heterocycles. The smallest absolute Gasteiger partial charge is 0.257 e. The summed E-state index contributed by atoms with van der Waals surface area (Å²) >= 11 is 0. The van der Waals surface area contributed by atoms with Crippen molar-refractivity contribution in [3.05, 3.63) is 59.9 Å². The highest BCUT2D eigenvalue weighted by Crippen LogP contribution is 2.21. The van der Waals surface area contributed by atoms with Crippen LogP contribution in [0.2, 0.25) is 0 Å². The van der Waals surface area contributed by atoms with Gasteiger partial charge in [0.05, 0.1) is 25.9 Å². The molecule has 0 aliphatic carbocycles. The Labute approximate surface area is 180 Å². The van der Waals surface area contributed by atoms with Crippen molar-refractivity contribution >= 4 is 29.0 Å². The molecule has 4 rings (SSSR count). The highest BCUT2D eigenvalue weighted by molar-refractivity contribution is 6.04. The predicted octanol–water partition coefficient (Wildman–Crippen LogP) is 3.02. The van der Waals surface area contributed by atoms with Crippen molar-refractivity contribution in [2.24, 2.45) is 0 Å². The zero-order valence-corrected chi connectivity index (χ0v) is 17.5. The molecule has 9 heteroatoms. The lowest BCUT2D eigenvalue weighted by Crippen LogP contribution is -2.36. The molecule has 1 aliphatic heterocycles. The van der Waals surface area contributed by atoms with Crippen LogP contribution >= 0.6 is 0 Å². The molecule has 3 aromatic rings. The molecule has 2 N–H and O–H groups in total. The van der Waals surface area contributed by atoms with Gasteiger partial charge in [-0.1, -0.05) is 0 Å². The van der Waals surface area contributed by atoms with Crippen molar-refractivity contribution < 1.29 is 14.3 Å². The lowest BCUT2D eigenvalue weighted by atomic mass is 10.2. The molecule has 0 saturated carbocycles. The summed E-state index contributed by atoms with van der Waals surface area (Å²) < 4.78 is 10.4. The molecule has 0 spiro atoms. The second-order valence-corrected chi connectivity index (χ2v) is 7.04. The molecule has 31 heavy (non-hydrogen) atoms. The van der Waals surface area contributed by atoms with Gasteiger partial charge in [-0.15, -0.1) is 0 Å². The number of rotatable bonds is 6. The molecule has 0 unspecified atom stereocenters. The number of ether oxygens (including phenoxy) is 2. The van der Waals surface area contributed by atoms with E-state index >= 15 is 0 Å². The minimum atomic E-state index is -0.243. The summed E-state index contributed by atoms with van der Waals surface area (Å²) in [6, 6.07) is 12.6. The lowest BCUT2D eigenvalue weighted by Gasteiger charge is -2.28. The van der Waals surface area contributed by atoms with Crippen molar-refractivity contribution in [1.29, 1.82) is 0 Å². The number of nitrogens with zero attached hydrogens (tertiary/aromatic N) is 4. The van der Waals surface area contributed by atoms with Crippen LogP contribution in [-0.2, 0) is 4.74 Å². The third-order valence-corrected chi connectivity index (χ3v) is 4.78. The summed E-state index contributed by atoms with van der Waals surface area (Å²) in [4.78, 5) is 27.7. The number of anilines is 4. The van der Waals surface area contributed by atoms with Gasteiger partial charge in [0, 0.05) is 48.5 Å². The van der Waals surface area contributed by atoms with Crippen molar-refractivity contribution in [3.63, 3.8) is 0 Å². The quantitative estimate of drug-likeness (QED) is 0.628. The van der Waals surface area contributed by atoms with Gasteiger partial charge in [0.15, 0.2) is 0 Å². The van der Waals surface area contributed by atoms with Gasteiger partial charge in [-0.05, 0) is 37.3 Å². The van der Waals surface area contributed by atoms with Gasteiger partial charge in [-0.3, -0.25) is 4.79 Å². The molecule has 1 aliphatic rings. The van der Waals surface area contributed by atoms with E-state index in [1.807, 2.05) is 37.3 Å². The van der Waals surface area contributed by atoms with Crippen LogP contribution in [-0.4, -0.2) is 54.3 Å². The molecule has 1 fully saturated rings. The first kappa shape index (κ1) is 20.5. The van der Waals surface area contributed by atoms with Gasteiger partial charge < -0.3 is 25.0 Å². The lowest BCUT2D eigenvalue weighted by molar-refractivity contribution is 0.102. The number of benzene rings is 1. The van der Waals surface area contributed by atoms with Gasteiger partial charge >= 0.3 is 0 Å². The number of morpholine rings is 1. The molecule has 1 aromatic carbocycles. The van der Waals surface area contributed by atoms with Crippen LogP contribution in [0, 0.1) is 6.92 Å². The van der Waals surface area contributed by atoms with Crippen LogP contribution in [0.4, 0.5) is 23.1 Å². The van der Waals surface area contributed by atoms with Crippen LogP contribution in [0.5, 0.6) is 5.88 Å². The Hall–Kier alpha value is -3.72. The molecular formula is C22H24N6O3. The number of aryl methyl sites for hydroxylation is 1. The number of carbonyl (C=O) groups excluding carboxylic acids is 1. The number of carbonyl (C=O) groups is 1. The standard InChI is InChI=1S/C22H24N6O3/c1-15-13-19(28-9-11-31-12-10-28)27-22(24-15)26-18-6-4-17(5-7-18)25-21(29)16-3-8-20(30-2)23-14-16/h3-8,13-14H,9-12H2,1-2H3,(H,25,29)(H,24,26,27). The topological polar surface area (TPSA) is 102 Å². The maximum absolute atomic E-state index is 12.4. The van der Waals surface area contributed by atoms with Gasteiger partial charge in [0.25, 0.3) is 5.91 Å². The number of hydrogen-bond acceptors (Lipinski definition) is 8. The third-order valence-electron chi connectivity index (χ3n) is 4.78. The summed E-state index contributed by atoms with van der Waals surface area (Å²) in [5.41, 5.74) is 2.83. The average Bonchev–Trinajstić information content (AvgIpc) is 2.80. The van der Waals surface area contributed by atoms with Crippen molar-refractivity contribution in [2.75, 3.05) is 48.9 Å². The fraction of sp³-hybridized carbons (Fsp3) is 0.273. The van der Waals surface area contributed by atoms with Crippen molar-refractivity contribution in [3.8, 4) is 5.88 Å². The molecule has 1 saturated heterocycles. The van der Waals surface area contributed by atoms with E-state index in [1.165, 1.54) is 13.3 Å². The van der Waals surface area contributed by atoms with E-state index in [4.69, 9.17) is 9.47 Å². The summed E-state index contributed by atoms with van der Waals surface area (Å²) in [6.07, 6.45) is 1.48. The maximum Gasteiger partial charge on any atom is 0.257 e. The van der Waals surface area contributed by atoms with E-state index < -0.39 is 0 Å². The number of pyridine rings is 1. The van der Waals surface area contributed by atoms with Gasteiger partial charge in [0.2, 0.25) is 11.8 Å².